The Kier molecular flexibility index (Phi) is 6.22. The van der Waals surface area contributed by atoms with Crippen molar-refractivity contribution in [1.29, 1.82) is 0 Å². The van der Waals surface area contributed by atoms with Crippen LogP contribution in [0, 0.1) is 53.3 Å². The number of carboxylic acids is 4. The van der Waals surface area contributed by atoms with Gasteiger partial charge in [0.05, 0.1) is 24.4 Å². The number of benzene rings is 1. The van der Waals surface area contributed by atoms with Crippen molar-refractivity contribution in [2.75, 3.05) is 13.2 Å². The van der Waals surface area contributed by atoms with Gasteiger partial charge in [0.1, 0.15) is 56.3 Å². The zero-order valence-electron chi connectivity index (χ0n) is 44.5. The van der Waals surface area contributed by atoms with E-state index in [1.807, 2.05) is 12.2 Å². The van der Waals surface area contributed by atoms with E-state index in [-0.39, 0.29) is 76.2 Å². The van der Waals surface area contributed by atoms with Gasteiger partial charge in [-0.1, -0.05) is 48.6 Å². The molecule has 7 spiro atoms. The Morgan fingerprint density at radius 3 is 2.27 bits per heavy atom. The number of epoxide rings is 3. The van der Waals surface area contributed by atoms with Crippen LogP contribution < -0.4 is 0 Å². The Morgan fingerprint density at radius 1 is 0.674 bits per heavy atom. The van der Waals surface area contributed by atoms with Crippen LogP contribution in [-0.2, 0) is 49.3 Å². The lowest BCUT2D eigenvalue weighted by atomic mass is 9.26. The molecule has 23 aliphatic rings. The number of rotatable bonds is 5. The van der Waals surface area contributed by atoms with Gasteiger partial charge in [0.15, 0.2) is 16.8 Å². The van der Waals surface area contributed by atoms with Gasteiger partial charge in [-0.15, -0.1) is 0 Å². The molecule has 0 radical (unpaired) electrons. The van der Waals surface area contributed by atoms with Crippen LogP contribution in [0.5, 0.6) is 0 Å². The minimum absolute atomic E-state index is 0.00719. The summed E-state index contributed by atoms with van der Waals surface area (Å²) in [5.41, 5.74) is -12.5. The van der Waals surface area contributed by atoms with E-state index in [4.69, 9.17) is 18.9 Å². The number of ether oxygens (including phenoxy) is 4. The molecule has 24 rings (SSSR count). The van der Waals surface area contributed by atoms with Gasteiger partial charge in [-0.05, 0) is 121 Å². The maximum Gasteiger partial charge on any atom is 0.339 e. The van der Waals surface area contributed by atoms with E-state index in [1.165, 1.54) is 6.08 Å². The third-order valence-electron chi connectivity index (χ3n) is 26.9. The van der Waals surface area contributed by atoms with E-state index < -0.39 is 151 Å². The second-order valence-corrected chi connectivity index (χ2v) is 28.5. The number of aliphatic hydroxyl groups excluding tert-OH is 3. The van der Waals surface area contributed by atoms with Crippen LogP contribution >= 0.6 is 0 Å². The Balaban J connectivity index is 0.980. The average molecular weight is 1150 g/mol. The molecule has 18 nitrogen and oxygen atoms in total. The molecule has 19 atom stereocenters. The second kappa shape index (κ2) is 11.8. The number of carbonyl (C=O) groups is 4. The molecule has 18 aliphatic carbocycles. The molecule has 422 valence electrons. The van der Waals surface area contributed by atoms with Crippen molar-refractivity contribution >= 4 is 41.3 Å². The average Bonchev–Trinajstić information content (AvgIpc) is 1.35. The van der Waals surface area contributed by atoms with Crippen molar-refractivity contribution in [3.05, 3.63) is 212 Å². The van der Waals surface area contributed by atoms with Crippen LogP contribution in [-0.4, -0.2) is 133 Å². The van der Waals surface area contributed by atoms with E-state index >= 15 is 5.11 Å². The Morgan fingerprint density at radius 2 is 1.49 bits per heavy atom. The lowest BCUT2D eigenvalue weighted by molar-refractivity contribution is -0.279. The van der Waals surface area contributed by atoms with Crippen molar-refractivity contribution in [2.24, 2.45) is 53.3 Å². The smallest absolute Gasteiger partial charge is 0.339 e. The molecule has 5 heterocycles. The highest BCUT2D eigenvalue weighted by Gasteiger charge is 3.13. The Hall–Kier alpha value is -8.04. The Labute approximate surface area is 482 Å². The predicted molar refractivity (Wildman–Crippen MR) is 287 cm³/mol. The summed E-state index contributed by atoms with van der Waals surface area (Å²) in [5.74, 6) is -16.9. The largest absolute Gasteiger partial charge is 0.507 e. The maximum absolute atomic E-state index is 15.5. The molecule has 18 heteroatoms. The normalized spacial score (nSPS) is 49.8. The van der Waals surface area contributed by atoms with Gasteiger partial charge in [-0.2, -0.15) is 0 Å². The van der Waals surface area contributed by atoms with Crippen molar-refractivity contribution in [3.63, 3.8) is 0 Å². The molecule has 3 saturated heterocycles. The van der Waals surface area contributed by atoms with Gasteiger partial charge < -0.3 is 70.0 Å². The van der Waals surface area contributed by atoms with Crippen molar-refractivity contribution in [3.8, 4) is 0 Å². The fourth-order valence-corrected chi connectivity index (χ4v) is 25.3. The van der Waals surface area contributed by atoms with Gasteiger partial charge >= 0.3 is 23.9 Å². The van der Waals surface area contributed by atoms with E-state index in [0.29, 0.717) is 89.1 Å². The number of aliphatic hydroxyl groups is 6. The number of allylic oxidation sites excluding steroid dienone is 11. The van der Waals surface area contributed by atoms with Crippen molar-refractivity contribution in [2.45, 2.75) is 75.3 Å². The third-order valence-corrected chi connectivity index (χ3v) is 26.9. The van der Waals surface area contributed by atoms with Crippen LogP contribution in [0.25, 0.3) is 17.4 Å². The molecule has 1 aromatic carbocycles. The van der Waals surface area contributed by atoms with E-state index in [2.05, 4.69) is 0 Å². The summed E-state index contributed by atoms with van der Waals surface area (Å²) in [6.07, 6.45) is 20.4. The molecule has 0 amide bonds. The minimum atomic E-state index is -2.50. The molecular formula is C68H42O18. The van der Waals surface area contributed by atoms with E-state index in [1.54, 1.807) is 60.8 Å². The maximum atomic E-state index is 15.5. The molecule has 5 aliphatic heterocycles. The molecule has 4 saturated carbocycles. The van der Waals surface area contributed by atoms with Gasteiger partial charge in [-0.3, -0.25) is 0 Å². The first-order valence-electron chi connectivity index (χ1n) is 29.6. The number of aliphatic carboxylic acids is 4. The molecule has 10 N–H and O–H groups in total. The summed E-state index contributed by atoms with van der Waals surface area (Å²) >= 11 is 0. The second-order valence-electron chi connectivity index (χ2n) is 28.5. The van der Waals surface area contributed by atoms with Crippen molar-refractivity contribution in [1.82, 2.24) is 0 Å². The monoisotopic (exact) mass is 1150 g/mol. The molecule has 86 heavy (non-hydrogen) atoms. The Bertz CT molecular complexity index is 4890. The van der Waals surface area contributed by atoms with Crippen LogP contribution in [0.4, 0.5) is 0 Å². The number of hydrogen-bond donors (Lipinski definition) is 10. The molecule has 7 fully saturated rings. The summed E-state index contributed by atoms with van der Waals surface area (Å²) in [6, 6.07) is 1.78. The van der Waals surface area contributed by atoms with Gasteiger partial charge in [0.2, 0.25) is 0 Å². The number of hydrogen-bond acceptors (Lipinski definition) is 14. The fourth-order valence-electron chi connectivity index (χ4n) is 25.3. The van der Waals surface area contributed by atoms with Gasteiger partial charge in [0, 0.05) is 104 Å². The number of carboxylic acid groups (broad SMARTS) is 4. The lowest BCUT2D eigenvalue weighted by Crippen LogP contribution is -2.88. The standard InChI is InChI=1S/C68H42O18/c69-18-59(80)43-31-9-19-1-5-26-23(7-19)17-83-60-16-20(10-29(26)55(72)73)8-22-11-33-42-38(40(22)60)39-49-51-45-32(13-25-14-34(53(71)37(31)58(78)79)46(43)63(50(39)54(59)60)62(25,51)84-63)36(57(76)77)27-6-3-21-2-4-24-12-28-30(56(74)75)15-35(52(33)70)47-48(28)66(82)61(24,81)41(21)44(27)65(45)68(66,86-65)67(49)64(42,47)85-67/h1-6,8-11,13-15,28,41,43-44,46-48,50,54,69-71,80-82H,7,12,16-18H2,(H,72,73)(H,74,75)(H,76,77)(H,78,79)/t28?,41?,43?,44-,46+,47?,48?,50-,54?,59+,60?,61-,62-,63-,64-,65+,66-,67+,68+/m1/s1. The highest BCUT2D eigenvalue weighted by Crippen LogP contribution is 3.01. The summed E-state index contributed by atoms with van der Waals surface area (Å²) in [6.45, 7) is -1.22. The minimum Gasteiger partial charge on any atom is -0.507 e. The van der Waals surface area contributed by atoms with Crippen LogP contribution in [0.3, 0.4) is 0 Å². The molecule has 6 bridgehead atoms. The van der Waals surface area contributed by atoms with Crippen LogP contribution in [0.15, 0.2) is 185 Å². The summed E-state index contributed by atoms with van der Waals surface area (Å²) < 4.78 is 32.2. The highest BCUT2D eigenvalue weighted by molar-refractivity contribution is 6.08. The highest BCUT2D eigenvalue weighted by atomic mass is 16.7. The first-order valence-corrected chi connectivity index (χ1v) is 29.6. The molecule has 7 unspecified atom stereocenters. The zero-order chi connectivity index (χ0) is 57.7. The fraction of sp³-hybridized carbons (Fsp3) is 0.353. The first kappa shape index (κ1) is 45.3. The quantitative estimate of drug-likeness (QED) is 0.183. The third kappa shape index (κ3) is 3.39. The molecule has 0 aromatic heterocycles. The summed E-state index contributed by atoms with van der Waals surface area (Å²) in [7, 11) is 0. The van der Waals surface area contributed by atoms with Gasteiger partial charge in [0.25, 0.3) is 0 Å². The number of fused-ring (bicyclic) bond motifs is 3. The summed E-state index contributed by atoms with van der Waals surface area (Å²) in [4.78, 5) is 56.8. The lowest BCUT2D eigenvalue weighted by Gasteiger charge is -2.74. The van der Waals surface area contributed by atoms with Gasteiger partial charge in [-0.25, -0.2) is 19.2 Å². The van der Waals surface area contributed by atoms with Crippen LogP contribution in [0.2, 0.25) is 0 Å². The summed E-state index contributed by atoms with van der Waals surface area (Å²) in [5, 5.41) is 131. The molecular weight excluding hydrogens is 1100 g/mol. The van der Waals surface area contributed by atoms with E-state index in [9.17, 15) is 65.1 Å². The first-order chi connectivity index (χ1) is 41.2. The van der Waals surface area contributed by atoms with E-state index in [0.717, 1.165) is 0 Å². The molecule has 1 aromatic rings. The zero-order valence-corrected chi connectivity index (χ0v) is 44.5. The SMILES string of the molecule is O=C(O)C1=CC2=Cc3cc4c5c6c3C3(C2)OCC2=C1C=CC(=CC1=C(C(=O)O)C(O)=C7C=C8C=C9C(C(=O)O)=C%10C=CC%11=CC=C%12CC%13C(C(=O)O)=CC(=C4O)C4C%13[C@]%13(O)[C@@]%14%15O[C@]%14(C9=C9C(=C6[C@@H]6C3[C@](O)(CO)C1[C@H]7[C@@]61O[C@]891)[C@@]%151O[C@]541)[C@H]%10C%11[C@]%12%13O)C2. The van der Waals surface area contributed by atoms with Crippen molar-refractivity contribution < 1.29 is 89.2 Å². The topological polar surface area (TPSA) is 317 Å². The van der Waals surface area contributed by atoms with Crippen LogP contribution in [0.1, 0.15) is 47.1 Å². The predicted octanol–water partition coefficient (Wildman–Crippen LogP) is 4.39.